The van der Waals surface area contributed by atoms with Crippen molar-refractivity contribution in [1.82, 2.24) is 4.90 Å². The van der Waals surface area contributed by atoms with Gasteiger partial charge in [-0.1, -0.05) is 23.7 Å². The van der Waals surface area contributed by atoms with Crippen molar-refractivity contribution in [3.63, 3.8) is 0 Å². The van der Waals surface area contributed by atoms with Crippen molar-refractivity contribution < 1.29 is 4.79 Å². The predicted molar refractivity (Wildman–Crippen MR) is 83.6 cm³/mol. The summed E-state index contributed by atoms with van der Waals surface area (Å²) in [6, 6.07) is 7.10. The van der Waals surface area contributed by atoms with Gasteiger partial charge in [-0.25, -0.2) is 0 Å². The predicted octanol–water partition coefficient (Wildman–Crippen LogP) is 2.94. The molecule has 0 saturated heterocycles. The first kappa shape index (κ1) is 16.3. The first-order chi connectivity index (χ1) is 8.97. The molecule has 0 bridgehead atoms. The summed E-state index contributed by atoms with van der Waals surface area (Å²) in [6.45, 7) is 1.99. The van der Waals surface area contributed by atoms with E-state index < -0.39 is 6.04 Å². The SMILES string of the molecule is CSCC[C@H](N)C(=O)N(C)C(C)c1ccc(Cl)cc1. The molecule has 1 unspecified atom stereocenters. The van der Waals surface area contributed by atoms with Crippen LogP contribution in [0.3, 0.4) is 0 Å². The molecule has 1 aromatic rings. The molecule has 0 heterocycles. The van der Waals surface area contributed by atoms with Crippen LogP contribution in [0.1, 0.15) is 24.9 Å². The minimum atomic E-state index is -0.424. The normalized spacial score (nSPS) is 13.9. The lowest BCUT2D eigenvalue weighted by Crippen LogP contribution is -2.43. The summed E-state index contributed by atoms with van der Waals surface area (Å²) < 4.78 is 0. The van der Waals surface area contributed by atoms with E-state index in [9.17, 15) is 4.79 Å². The van der Waals surface area contributed by atoms with Gasteiger partial charge in [-0.15, -0.1) is 0 Å². The van der Waals surface area contributed by atoms with Gasteiger partial charge < -0.3 is 10.6 Å². The second kappa shape index (κ2) is 7.78. The Hall–Kier alpha value is -0.710. The van der Waals surface area contributed by atoms with Crippen molar-refractivity contribution in [1.29, 1.82) is 0 Å². The third kappa shape index (κ3) is 4.71. The van der Waals surface area contributed by atoms with Crippen LogP contribution < -0.4 is 5.73 Å². The summed E-state index contributed by atoms with van der Waals surface area (Å²) in [5.41, 5.74) is 6.97. The maximum absolute atomic E-state index is 12.2. The smallest absolute Gasteiger partial charge is 0.239 e. The van der Waals surface area contributed by atoms with Crippen LogP contribution in [0.5, 0.6) is 0 Å². The van der Waals surface area contributed by atoms with Gasteiger partial charge in [-0.3, -0.25) is 4.79 Å². The Bertz CT molecular complexity index is 410. The van der Waals surface area contributed by atoms with Crippen molar-refractivity contribution in [2.75, 3.05) is 19.1 Å². The molecule has 0 aliphatic rings. The zero-order valence-electron chi connectivity index (χ0n) is 11.6. The molecule has 1 aromatic carbocycles. The van der Waals surface area contributed by atoms with Crippen molar-refractivity contribution in [3.05, 3.63) is 34.9 Å². The third-order valence-corrected chi connectivity index (χ3v) is 4.13. The summed E-state index contributed by atoms with van der Waals surface area (Å²) in [4.78, 5) is 13.9. The monoisotopic (exact) mass is 300 g/mol. The van der Waals surface area contributed by atoms with Gasteiger partial charge >= 0.3 is 0 Å². The molecule has 1 amide bonds. The number of hydrogen-bond acceptors (Lipinski definition) is 3. The average Bonchev–Trinajstić information content (AvgIpc) is 2.43. The number of thioether (sulfide) groups is 1. The highest BCUT2D eigenvalue weighted by molar-refractivity contribution is 7.98. The van der Waals surface area contributed by atoms with E-state index >= 15 is 0 Å². The lowest BCUT2D eigenvalue weighted by Gasteiger charge is -2.28. The Morgan fingerprint density at radius 2 is 2.00 bits per heavy atom. The Labute approximate surface area is 124 Å². The molecule has 5 heteroatoms. The van der Waals surface area contributed by atoms with Gasteiger partial charge in [-0.05, 0) is 43.0 Å². The third-order valence-electron chi connectivity index (χ3n) is 3.23. The van der Waals surface area contributed by atoms with Gasteiger partial charge in [0.05, 0.1) is 12.1 Å². The molecule has 0 spiro atoms. The van der Waals surface area contributed by atoms with Crippen LogP contribution in [0.4, 0.5) is 0 Å². The second-order valence-electron chi connectivity index (χ2n) is 4.56. The van der Waals surface area contributed by atoms with Crippen molar-refractivity contribution in [2.24, 2.45) is 5.73 Å². The number of likely N-dealkylation sites (N-methyl/N-ethyl adjacent to an activating group) is 1. The molecule has 19 heavy (non-hydrogen) atoms. The lowest BCUT2D eigenvalue weighted by molar-refractivity contribution is -0.133. The molecule has 0 radical (unpaired) electrons. The summed E-state index contributed by atoms with van der Waals surface area (Å²) >= 11 is 7.56. The molecule has 0 aromatic heterocycles. The Kier molecular flexibility index (Phi) is 6.69. The fraction of sp³-hybridized carbons (Fsp3) is 0.500. The van der Waals surface area contributed by atoms with Gasteiger partial charge in [-0.2, -0.15) is 11.8 Å². The number of nitrogens with zero attached hydrogens (tertiary/aromatic N) is 1. The molecule has 3 nitrogen and oxygen atoms in total. The molecular weight excluding hydrogens is 280 g/mol. The minimum absolute atomic E-state index is 0.00917. The number of nitrogens with two attached hydrogens (primary N) is 1. The van der Waals surface area contributed by atoms with Crippen molar-refractivity contribution in [2.45, 2.75) is 25.4 Å². The molecule has 0 fully saturated rings. The minimum Gasteiger partial charge on any atom is -0.338 e. The number of hydrogen-bond donors (Lipinski definition) is 1. The van der Waals surface area contributed by atoms with E-state index in [2.05, 4.69) is 0 Å². The number of amides is 1. The van der Waals surface area contributed by atoms with Gasteiger partial charge in [0.25, 0.3) is 0 Å². The van der Waals surface area contributed by atoms with Crippen LogP contribution in [0.25, 0.3) is 0 Å². The van der Waals surface area contributed by atoms with Crippen molar-refractivity contribution in [3.8, 4) is 0 Å². The molecular formula is C14H21ClN2OS. The number of rotatable bonds is 6. The number of benzene rings is 1. The molecule has 1 rings (SSSR count). The van der Waals surface area contributed by atoms with E-state index in [-0.39, 0.29) is 11.9 Å². The lowest BCUT2D eigenvalue weighted by atomic mass is 10.1. The van der Waals surface area contributed by atoms with Crippen molar-refractivity contribution >= 4 is 29.3 Å². The molecule has 2 atom stereocenters. The van der Waals surface area contributed by atoms with E-state index in [0.717, 1.165) is 11.3 Å². The highest BCUT2D eigenvalue weighted by atomic mass is 35.5. The molecule has 0 aliphatic carbocycles. The van der Waals surface area contributed by atoms with Crippen LogP contribution in [0, 0.1) is 0 Å². The first-order valence-corrected chi connectivity index (χ1v) is 8.01. The Balaban J connectivity index is 2.67. The fourth-order valence-corrected chi connectivity index (χ4v) is 2.40. The van der Waals surface area contributed by atoms with Gasteiger partial charge in [0.15, 0.2) is 0 Å². The van der Waals surface area contributed by atoms with E-state index in [4.69, 9.17) is 17.3 Å². The molecule has 106 valence electrons. The zero-order chi connectivity index (χ0) is 14.4. The van der Waals surface area contributed by atoms with Gasteiger partial charge in [0.1, 0.15) is 0 Å². The quantitative estimate of drug-likeness (QED) is 0.878. The molecule has 0 aliphatic heterocycles. The number of carbonyl (C=O) groups excluding carboxylic acids is 1. The highest BCUT2D eigenvalue weighted by Gasteiger charge is 2.22. The van der Waals surface area contributed by atoms with Crippen LogP contribution in [0.2, 0.25) is 5.02 Å². The van der Waals surface area contributed by atoms with E-state index in [0.29, 0.717) is 11.4 Å². The summed E-state index contributed by atoms with van der Waals surface area (Å²) in [6.07, 6.45) is 2.72. The number of halogens is 1. The van der Waals surface area contributed by atoms with Crippen LogP contribution >= 0.6 is 23.4 Å². The van der Waals surface area contributed by atoms with Crippen LogP contribution in [0.15, 0.2) is 24.3 Å². The maximum Gasteiger partial charge on any atom is 0.239 e. The summed E-state index contributed by atoms with van der Waals surface area (Å²) in [7, 11) is 1.79. The van der Waals surface area contributed by atoms with Gasteiger partial charge in [0, 0.05) is 12.1 Å². The summed E-state index contributed by atoms with van der Waals surface area (Å²) in [5.74, 6) is 0.882. The first-order valence-electron chi connectivity index (χ1n) is 6.24. The number of carbonyl (C=O) groups is 1. The Morgan fingerprint density at radius 3 is 2.53 bits per heavy atom. The summed E-state index contributed by atoms with van der Waals surface area (Å²) in [5, 5.41) is 0.696. The van der Waals surface area contributed by atoms with E-state index in [1.54, 1.807) is 23.7 Å². The largest absolute Gasteiger partial charge is 0.338 e. The second-order valence-corrected chi connectivity index (χ2v) is 5.99. The molecule has 2 N–H and O–H groups in total. The van der Waals surface area contributed by atoms with E-state index in [1.165, 1.54) is 0 Å². The standard InChI is InChI=1S/C14H21ClN2OS/c1-10(11-4-6-12(15)7-5-11)17(2)14(18)13(16)8-9-19-3/h4-7,10,13H,8-9,16H2,1-3H3/t10?,13-/m0/s1. The van der Waals surface area contributed by atoms with Gasteiger partial charge in [0.2, 0.25) is 5.91 Å². The molecule has 0 saturated carbocycles. The maximum atomic E-state index is 12.2. The highest BCUT2D eigenvalue weighted by Crippen LogP contribution is 2.21. The van der Waals surface area contributed by atoms with Crippen LogP contribution in [-0.2, 0) is 4.79 Å². The fourth-order valence-electron chi connectivity index (χ4n) is 1.79. The van der Waals surface area contributed by atoms with E-state index in [1.807, 2.05) is 37.4 Å². The Morgan fingerprint density at radius 1 is 1.42 bits per heavy atom. The van der Waals surface area contributed by atoms with Crippen LogP contribution in [-0.4, -0.2) is 35.9 Å². The average molecular weight is 301 g/mol. The topological polar surface area (TPSA) is 46.3 Å². The zero-order valence-corrected chi connectivity index (χ0v) is 13.2.